The topological polar surface area (TPSA) is 26.3 Å². The molecule has 4 aliphatic rings. The number of hydrogen-bond donors (Lipinski definition) is 0. The van der Waals surface area contributed by atoms with Crippen LogP contribution in [0.15, 0.2) is 12.2 Å². The van der Waals surface area contributed by atoms with Crippen LogP contribution < -0.4 is 0 Å². The van der Waals surface area contributed by atoms with Crippen molar-refractivity contribution in [3.63, 3.8) is 0 Å². The molecule has 64 valence electrons. The van der Waals surface area contributed by atoms with Crippen molar-refractivity contribution in [3.05, 3.63) is 12.2 Å². The number of esters is 1. The van der Waals surface area contributed by atoms with Crippen LogP contribution in [-0.4, -0.2) is 12.1 Å². The van der Waals surface area contributed by atoms with Crippen LogP contribution in [0, 0.1) is 17.8 Å². The summed E-state index contributed by atoms with van der Waals surface area (Å²) in [6, 6.07) is 0. The van der Waals surface area contributed by atoms with Crippen molar-refractivity contribution < 1.29 is 9.53 Å². The summed E-state index contributed by atoms with van der Waals surface area (Å²) in [6.07, 6.45) is 8.02. The number of carbonyl (C=O) groups is 1. The van der Waals surface area contributed by atoms with Crippen LogP contribution in [-0.2, 0) is 9.53 Å². The van der Waals surface area contributed by atoms with E-state index in [1.807, 2.05) is 0 Å². The van der Waals surface area contributed by atoms with E-state index < -0.39 is 0 Å². The Morgan fingerprint density at radius 1 is 1.25 bits per heavy atom. The molecule has 2 aliphatic carbocycles. The maximum absolute atomic E-state index is 11.3. The Balaban J connectivity index is 2.02. The van der Waals surface area contributed by atoms with Gasteiger partial charge in [-0.05, 0) is 24.8 Å². The Morgan fingerprint density at radius 3 is 2.92 bits per heavy atom. The van der Waals surface area contributed by atoms with Crippen LogP contribution in [0.4, 0.5) is 0 Å². The quantitative estimate of drug-likeness (QED) is 0.400. The molecule has 2 bridgehead atoms. The molecule has 0 aromatic heterocycles. The van der Waals surface area contributed by atoms with Crippen molar-refractivity contribution >= 4 is 5.97 Å². The molecule has 4 atom stereocenters. The maximum Gasteiger partial charge on any atom is 0.313 e. The van der Waals surface area contributed by atoms with Gasteiger partial charge in [0.25, 0.3) is 0 Å². The largest absolute Gasteiger partial charge is 0.457 e. The zero-order valence-electron chi connectivity index (χ0n) is 6.90. The molecule has 0 amide bonds. The van der Waals surface area contributed by atoms with E-state index in [2.05, 4.69) is 12.2 Å². The van der Waals surface area contributed by atoms with Crippen LogP contribution in [0.3, 0.4) is 0 Å². The second-order valence-corrected chi connectivity index (χ2v) is 4.07. The second kappa shape index (κ2) is 2.12. The van der Waals surface area contributed by atoms with Gasteiger partial charge >= 0.3 is 5.97 Å². The molecule has 0 radical (unpaired) electrons. The van der Waals surface area contributed by atoms with E-state index in [9.17, 15) is 4.79 Å². The summed E-state index contributed by atoms with van der Waals surface area (Å²) in [5.74, 6) is 1.38. The predicted octanol–water partition coefficient (Wildman–Crippen LogP) is 1.51. The van der Waals surface area contributed by atoms with E-state index >= 15 is 0 Å². The zero-order valence-corrected chi connectivity index (χ0v) is 6.90. The molecule has 0 aromatic carbocycles. The lowest BCUT2D eigenvalue weighted by molar-refractivity contribution is -0.165. The molecular weight excluding hydrogens is 152 g/mol. The first-order valence-corrected chi connectivity index (χ1v) is 4.75. The van der Waals surface area contributed by atoms with Crippen LogP contribution >= 0.6 is 0 Å². The van der Waals surface area contributed by atoms with Crippen molar-refractivity contribution in [1.29, 1.82) is 0 Å². The van der Waals surface area contributed by atoms with Gasteiger partial charge in [-0.2, -0.15) is 0 Å². The van der Waals surface area contributed by atoms with E-state index in [-0.39, 0.29) is 18.0 Å². The molecule has 2 fully saturated rings. The standard InChI is InChI=1S/C10H12O2/c11-10-8-4-5-9(12-10)7-3-1-2-6(7)8/h4-9H,1-3H2. The van der Waals surface area contributed by atoms with Gasteiger partial charge in [0.1, 0.15) is 6.10 Å². The average molecular weight is 164 g/mol. The van der Waals surface area contributed by atoms with E-state index in [1.54, 1.807) is 0 Å². The van der Waals surface area contributed by atoms with E-state index in [4.69, 9.17) is 4.74 Å². The zero-order chi connectivity index (χ0) is 8.13. The summed E-state index contributed by atoms with van der Waals surface area (Å²) in [5, 5.41) is 0. The van der Waals surface area contributed by atoms with Gasteiger partial charge in [0.2, 0.25) is 0 Å². The minimum absolute atomic E-state index is 0.0191. The van der Waals surface area contributed by atoms with Crippen LogP contribution in [0.2, 0.25) is 0 Å². The van der Waals surface area contributed by atoms with Gasteiger partial charge in [-0.1, -0.05) is 12.5 Å². The molecule has 4 rings (SSSR count). The first-order chi connectivity index (χ1) is 5.86. The third-order valence-electron chi connectivity index (χ3n) is 3.54. The number of rotatable bonds is 0. The van der Waals surface area contributed by atoms with Gasteiger partial charge in [0, 0.05) is 5.92 Å². The van der Waals surface area contributed by atoms with Crippen molar-refractivity contribution in [2.45, 2.75) is 25.4 Å². The maximum atomic E-state index is 11.3. The minimum atomic E-state index is 0.0191. The van der Waals surface area contributed by atoms with Crippen molar-refractivity contribution in [2.75, 3.05) is 0 Å². The SMILES string of the molecule is O=C1OC2C=CC1C1CCCC21. The lowest BCUT2D eigenvalue weighted by Crippen LogP contribution is -2.44. The Kier molecular flexibility index (Phi) is 1.18. The van der Waals surface area contributed by atoms with E-state index in [0.717, 1.165) is 0 Å². The van der Waals surface area contributed by atoms with Crippen molar-refractivity contribution in [3.8, 4) is 0 Å². The molecule has 2 aliphatic heterocycles. The van der Waals surface area contributed by atoms with Gasteiger partial charge in [-0.15, -0.1) is 0 Å². The van der Waals surface area contributed by atoms with Crippen molar-refractivity contribution in [1.82, 2.24) is 0 Å². The molecule has 12 heavy (non-hydrogen) atoms. The van der Waals surface area contributed by atoms with E-state index in [0.29, 0.717) is 11.8 Å². The second-order valence-electron chi connectivity index (χ2n) is 4.07. The summed E-state index contributed by atoms with van der Waals surface area (Å²) < 4.78 is 5.27. The van der Waals surface area contributed by atoms with E-state index in [1.165, 1.54) is 19.3 Å². The van der Waals surface area contributed by atoms with Gasteiger partial charge in [0.15, 0.2) is 0 Å². The summed E-state index contributed by atoms with van der Waals surface area (Å²) in [6.45, 7) is 0. The highest BCUT2D eigenvalue weighted by atomic mass is 16.5. The molecule has 1 saturated carbocycles. The summed E-state index contributed by atoms with van der Waals surface area (Å²) in [5.41, 5.74) is 0. The summed E-state index contributed by atoms with van der Waals surface area (Å²) in [4.78, 5) is 11.3. The summed E-state index contributed by atoms with van der Waals surface area (Å²) >= 11 is 0. The fraction of sp³-hybridized carbons (Fsp3) is 0.700. The van der Waals surface area contributed by atoms with Crippen LogP contribution in [0.1, 0.15) is 19.3 Å². The monoisotopic (exact) mass is 164 g/mol. The third-order valence-corrected chi connectivity index (χ3v) is 3.54. The highest BCUT2D eigenvalue weighted by molar-refractivity contribution is 5.77. The van der Waals surface area contributed by atoms with Gasteiger partial charge in [-0.3, -0.25) is 4.79 Å². The highest BCUT2D eigenvalue weighted by Gasteiger charge is 2.48. The Bertz CT molecular complexity index is 257. The van der Waals surface area contributed by atoms with Gasteiger partial charge in [0.05, 0.1) is 5.92 Å². The minimum Gasteiger partial charge on any atom is -0.457 e. The highest BCUT2D eigenvalue weighted by Crippen LogP contribution is 2.47. The Morgan fingerprint density at radius 2 is 2.08 bits per heavy atom. The van der Waals surface area contributed by atoms with Gasteiger partial charge < -0.3 is 4.74 Å². The number of fused-ring (bicyclic) bond motifs is 1. The Labute approximate surface area is 71.6 Å². The normalized spacial score (nSPS) is 49.2. The number of hydrogen-bond acceptors (Lipinski definition) is 2. The molecule has 2 heterocycles. The molecule has 2 heteroatoms. The molecule has 1 saturated heterocycles. The smallest absolute Gasteiger partial charge is 0.313 e. The fourth-order valence-corrected chi connectivity index (χ4v) is 2.98. The average Bonchev–Trinajstić information content (AvgIpc) is 2.53. The fourth-order valence-electron chi connectivity index (χ4n) is 2.98. The first kappa shape index (κ1) is 6.70. The Hall–Kier alpha value is -0.790. The molecular formula is C10H12O2. The number of carbonyl (C=O) groups excluding carboxylic acids is 1. The predicted molar refractivity (Wildman–Crippen MR) is 43.3 cm³/mol. The summed E-state index contributed by atoms with van der Waals surface area (Å²) in [7, 11) is 0. The molecule has 2 nitrogen and oxygen atoms in total. The number of ether oxygens (including phenoxy) is 1. The van der Waals surface area contributed by atoms with Crippen molar-refractivity contribution in [2.24, 2.45) is 17.8 Å². The van der Waals surface area contributed by atoms with Gasteiger partial charge in [-0.25, -0.2) is 0 Å². The lowest BCUT2D eigenvalue weighted by atomic mass is 9.74. The van der Waals surface area contributed by atoms with Crippen LogP contribution in [0.5, 0.6) is 0 Å². The molecule has 0 aromatic rings. The van der Waals surface area contributed by atoms with Crippen LogP contribution in [0.25, 0.3) is 0 Å². The molecule has 4 unspecified atom stereocenters. The third kappa shape index (κ3) is 0.680. The lowest BCUT2D eigenvalue weighted by Gasteiger charge is -2.39. The first-order valence-electron chi connectivity index (χ1n) is 4.75. The molecule has 0 spiro atoms. The molecule has 0 N–H and O–H groups in total.